The second-order valence-corrected chi connectivity index (χ2v) is 9.22. The zero-order chi connectivity index (χ0) is 20.8. The molecule has 0 aromatic carbocycles. The van der Waals surface area contributed by atoms with Gasteiger partial charge in [-0.3, -0.25) is 19.4 Å². The first-order valence-corrected chi connectivity index (χ1v) is 11.4. The number of rotatable bonds is 9. The van der Waals surface area contributed by atoms with E-state index in [1.807, 2.05) is 28.0 Å². The number of aromatic nitrogens is 1. The van der Waals surface area contributed by atoms with Gasteiger partial charge in [-0.25, -0.2) is 0 Å². The molecule has 11 heteroatoms. The van der Waals surface area contributed by atoms with Crippen molar-refractivity contribution in [2.45, 2.75) is 0 Å². The average molecular weight is 555 g/mol. The fraction of sp³-hybridized carbons (Fsp3) is 0.500. The summed E-state index contributed by atoms with van der Waals surface area (Å²) in [6, 6.07) is 0. The van der Waals surface area contributed by atoms with Crippen LogP contribution in [0.1, 0.15) is 5.69 Å². The molecule has 2 aliphatic rings. The molecule has 0 atom stereocenters. The Morgan fingerprint density at radius 3 is 2.45 bits per heavy atom. The van der Waals surface area contributed by atoms with E-state index in [2.05, 4.69) is 43.9 Å². The van der Waals surface area contributed by atoms with Crippen molar-refractivity contribution in [1.82, 2.24) is 19.7 Å². The molecule has 7 nitrogen and oxygen atoms in total. The summed E-state index contributed by atoms with van der Waals surface area (Å²) in [5.74, 6) is 0.110. The van der Waals surface area contributed by atoms with Crippen LogP contribution in [0.4, 0.5) is 5.00 Å². The smallest absolute Gasteiger partial charge is 0.306 e. The number of halogens is 3. The minimum absolute atomic E-state index is 0. The van der Waals surface area contributed by atoms with Crippen LogP contribution in [-0.2, 0) is 4.79 Å². The van der Waals surface area contributed by atoms with Gasteiger partial charge in [0.05, 0.1) is 18.8 Å². The lowest BCUT2D eigenvalue weighted by Gasteiger charge is -2.37. The molecule has 0 radical (unpaired) electrons. The van der Waals surface area contributed by atoms with Crippen LogP contribution in [0.3, 0.4) is 0 Å². The molecule has 0 spiro atoms. The number of hydrogen-bond donors (Lipinski definition) is 1. The van der Waals surface area contributed by atoms with Gasteiger partial charge in [-0.15, -0.1) is 38.0 Å². The molecule has 1 N–H and O–H groups in total. The third-order valence-corrected chi connectivity index (χ3v) is 6.58. The van der Waals surface area contributed by atoms with Crippen LogP contribution >= 0.6 is 52.1 Å². The molecular weight excluding hydrogens is 525 g/mol. The van der Waals surface area contributed by atoms with E-state index < -0.39 is 0 Å². The Balaban J connectivity index is 0.00000240. The van der Waals surface area contributed by atoms with E-state index in [-0.39, 0.29) is 42.1 Å². The third-order valence-electron chi connectivity index (χ3n) is 5.14. The molecule has 0 bridgehead atoms. The van der Waals surface area contributed by atoms with E-state index in [9.17, 15) is 9.59 Å². The summed E-state index contributed by atoms with van der Waals surface area (Å²) in [6.45, 7) is 15.4. The summed E-state index contributed by atoms with van der Waals surface area (Å²) >= 11 is 4.67. The lowest BCUT2D eigenvalue weighted by atomic mass is 10.2. The Bertz CT molecular complexity index is 826. The number of piperazine rings is 1. The average Bonchev–Trinajstić information content (AvgIpc) is 3.07. The number of fused-ring (bicyclic) bond motifs is 1. The number of hydrogen-bond acceptors (Lipinski definition) is 6. The van der Waals surface area contributed by atoms with Gasteiger partial charge in [-0.05, 0) is 6.08 Å². The highest BCUT2D eigenvalue weighted by Gasteiger charge is 2.26. The van der Waals surface area contributed by atoms with Crippen molar-refractivity contribution in [1.29, 1.82) is 0 Å². The summed E-state index contributed by atoms with van der Waals surface area (Å²) in [6.07, 6.45) is 5.75. The van der Waals surface area contributed by atoms with Crippen molar-refractivity contribution >= 4 is 69.1 Å². The Morgan fingerprint density at radius 2 is 1.84 bits per heavy atom. The number of carbonyl (C=O) groups is 1. The van der Waals surface area contributed by atoms with E-state index in [1.54, 1.807) is 0 Å². The van der Waals surface area contributed by atoms with Gasteiger partial charge >= 0.3 is 4.87 Å². The van der Waals surface area contributed by atoms with E-state index in [1.165, 1.54) is 0 Å². The molecular formula is C20H30BrCl2N5O2S. The van der Waals surface area contributed by atoms with Crippen LogP contribution in [0.2, 0.25) is 0 Å². The molecule has 3 heterocycles. The number of nitrogens with zero attached hydrogens (tertiary/aromatic N) is 4. The molecule has 1 saturated heterocycles. The summed E-state index contributed by atoms with van der Waals surface area (Å²) in [7, 11) is 0. The predicted molar refractivity (Wildman–Crippen MR) is 138 cm³/mol. The maximum atomic E-state index is 12.8. The molecule has 31 heavy (non-hydrogen) atoms. The highest BCUT2D eigenvalue weighted by Crippen LogP contribution is 2.31. The van der Waals surface area contributed by atoms with Crippen LogP contribution in [0.25, 0.3) is 6.08 Å². The number of nitrogens with one attached hydrogen (secondary N) is 1. The van der Waals surface area contributed by atoms with Crippen molar-refractivity contribution in [2.24, 2.45) is 0 Å². The zero-order valence-electron chi connectivity index (χ0n) is 17.4. The van der Waals surface area contributed by atoms with E-state index in [0.717, 1.165) is 78.9 Å². The van der Waals surface area contributed by atoms with E-state index in [4.69, 9.17) is 0 Å². The van der Waals surface area contributed by atoms with Gasteiger partial charge in [0.2, 0.25) is 5.91 Å². The first kappa shape index (κ1) is 27.9. The first-order chi connectivity index (χ1) is 14.0. The molecule has 2 aliphatic heterocycles. The lowest BCUT2D eigenvalue weighted by molar-refractivity contribution is -0.131. The summed E-state index contributed by atoms with van der Waals surface area (Å²) in [4.78, 5) is 35.9. The number of amides is 1. The lowest BCUT2D eigenvalue weighted by Crippen LogP contribution is -2.52. The fourth-order valence-corrected chi connectivity index (χ4v) is 4.98. The molecule has 1 amide bonds. The van der Waals surface area contributed by atoms with Crippen LogP contribution in [0.5, 0.6) is 0 Å². The highest BCUT2D eigenvalue weighted by atomic mass is 79.9. The molecule has 0 unspecified atom stereocenters. The van der Waals surface area contributed by atoms with Crippen LogP contribution in [0, 0.1) is 0 Å². The van der Waals surface area contributed by atoms with Gasteiger partial charge in [-0.1, -0.05) is 39.4 Å². The molecule has 0 saturated carbocycles. The standard InChI is InChI=1S/C20H28BrN5O2S.2ClH/c1-3-5-23(6-4-2)7-8-24-9-11-25(12-10-24)18(27)15-26-14-16(21)13-17-19(26)29-20(28)22-17;;/h3-4,13H,1-2,5-12,14-15H2,(H,22,28);2*1H. The van der Waals surface area contributed by atoms with Crippen molar-refractivity contribution in [3.63, 3.8) is 0 Å². The van der Waals surface area contributed by atoms with Crippen LogP contribution in [0.15, 0.2) is 34.6 Å². The van der Waals surface area contributed by atoms with E-state index in [0.29, 0.717) is 6.54 Å². The van der Waals surface area contributed by atoms with Gasteiger partial charge in [0.15, 0.2) is 0 Å². The van der Waals surface area contributed by atoms with Gasteiger partial charge in [0, 0.05) is 56.8 Å². The monoisotopic (exact) mass is 553 g/mol. The van der Waals surface area contributed by atoms with Crippen molar-refractivity contribution in [3.05, 3.63) is 45.2 Å². The molecule has 1 aromatic heterocycles. The first-order valence-electron chi connectivity index (χ1n) is 9.78. The normalized spacial score (nSPS) is 16.1. The van der Waals surface area contributed by atoms with Gasteiger partial charge in [0.1, 0.15) is 5.00 Å². The number of thiazole rings is 1. The second-order valence-electron chi connectivity index (χ2n) is 7.24. The Kier molecular flexibility index (Phi) is 12.1. The Hall–Kier alpha value is -1.10. The summed E-state index contributed by atoms with van der Waals surface area (Å²) in [5.41, 5.74) is 0.777. The van der Waals surface area contributed by atoms with Crippen molar-refractivity contribution < 1.29 is 4.79 Å². The van der Waals surface area contributed by atoms with Crippen LogP contribution < -0.4 is 9.77 Å². The topological polar surface area (TPSA) is 62.9 Å². The van der Waals surface area contributed by atoms with Crippen LogP contribution in [-0.4, -0.2) is 91.0 Å². The Labute approximate surface area is 208 Å². The molecule has 3 rings (SSSR count). The summed E-state index contributed by atoms with van der Waals surface area (Å²) < 4.78 is 0.959. The van der Waals surface area contributed by atoms with Gasteiger partial charge < -0.3 is 14.8 Å². The van der Waals surface area contributed by atoms with Gasteiger partial charge in [-0.2, -0.15) is 0 Å². The maximum absolute atomic E-state index is 12.8. The largest absolute Gasteiger partial charge is 0.347 e. The van der Waals surface area contributed by atoms with Crippen molar-refractivity contribution in [2.75, 3.05) is 70.3 Å². The number of H-pyrrole nitrogens is 1. The molecule has 174 valence electrons. The van der Waals surface area contributed by atoms with Gasteiger partial charge in [0.25, 0.3) is 0 Å². The SMILES string of the molecule is C=CCN(CC=C)CCN1CCN(C(=O)CN2CC(Br)=Cc3[nH]c(=O)sc32)CC1.Cl.Cl. The quantitative estimate of drug-likeness (QED) is 0.475. The molecule has 1 aromatic rings. The Morgan fingerprint density at radius 1 is 1.19 bits per heavy atom. The minimum atomic E-state index is -0.0959. The maximum Gasteiger partial charge on any atom is 0.306 e. The third kappa shape index (κ3) is 7.76. The fourth-order valence-electron chi connectivity index (χ4n) is 3.64. The second kappa shape index (κ2) is 13.4. The predicted octanol–water partition coefficient (Wildman–Crippen LogP) is 2.65. The zero-order valence-corrected chi connectivity index (χ0v) is 21.5. The molecule has 0 aliphatic carbocycles. The highest BCUT2D eigenvalue weighted by molar-refractivity contribution is 9.11. The number of aromatic amines is 1. The molecule has 1 fully saturated rings. The summed E-state index contributed by atoms with van der Waals surface area (Å²) in [5, 5.41) is 0.842. The number of anilines is 1. The van der Waals surface area contributed by atoms with E-state index >= 15 is 0 Å². The number of carbonyl (C=O) groups excluding carboxylic acids is 1. The minimum Gasteiger partial charge on any atom is -0.347 e. The van der Waals surface area contributed by atoms with Crippen molar-refractivity contribution in [3.8, 4) is 0 Å².